The Kier molecular flexibility index (Phi) is 3.57. The second-order valence-electron chi connectivity index (χ2n) is 3.47. The number of ether oxygens (including phenoxy) is 1. The molecule has 0 saturated carbocycles. The van der Waals surface area contributed by atoms with Crippen molar-refractivity contribution in [3.63, 3.8) is 0 Å². The second kappa shape index (κ2) is 5.12. The second-order valence-corrected chi connectivity index (χ2v) is 4.03. The van der Waals surface area contributed by atoms with E-state index in [1.807, 2.05) is 43.3 Å². The molecule has 2 rings (SSSR count). The first-order valence-corrected chi connectivity index (χ1v) is 6.16. The van der Waals surface area contributed by atoms with Crippen LogP contribution in [0, 0.1) is 6.92 Å². The minimum Gasteiger partial charge on any atom is -0.455 e. The van der Waals surface area contributed by atoms with Gasteiger partial charge < -0.3 is 4.74 Å². The number of benzene rings is 1. The molecule has 1 heterocycles. The highest BCUT2D eigenvalue weighted by atomic mass is 79.9. The highest BCUT2D eigenvalue weighted by molar-refractivity contribution is 9.08. The fourth-order valence-corrected chi connectivity index (χ4v) is 1.72. The van der Waals surface area contributed by atoms with Gasteiger partial charge in [-0.25, -0.2) is 0 Å². The molecular formula is C13H12BrNO. The van der Waals surface area contributed by atoms with Crippen molar-refractivity contribution in [2.45, 2.75) is 12.3 Å². The molecule has 1 aromatic carbocycles. The lowest BCUT2D eigenvalue weighted by atomic mass is 10.2. The van der Waals surface area contributed by atoms with Gasteiger partial charge in [0, 0.05) is 11.5 Å². The molecule has 0 spiro atoms. The Morgan fingerprint density at radius 2 is 1.94 bits per heavy atom. The molecule has 0 unspecified atom stereocenters. The average molecular weight is 278 g/mol. The van der Waals surface area contributed by atoms with Crippen molar-refractivity contribution in [1.82, 2.24) is 4.98 Å². The van der Waals surface area contributed by atoms with Crippen molar-refractivity contribution in [2.24, 2.45) is 0 Å². The molecule has 16 heavy (non-hydrogen) atoms. The predicted octanol–water partition coefficient (Wildman–Crippen LogP) is 4.08. The number of alkyl halides is 1. The van der Waals surface area contributed by atoms with Crippen LogP contribution >= 0.6 is 15.9 Å². The molecule has 0 amide bonds. The van der Waals surface area contributed by atoms with Gasteiger partial charge in [0.15, 0.2) is 0 Å². The van der Waals surface area contributed by atoms with Crippen LogP contribution in [0.2, 0.25) is 0 Å². The van der Waals surface area contributed by atoms with E-state index >= 15 is 0 Å². The number of hydrogen-bond acceptors (Lipinski definition) is 2. The summed E-state index contributed by atoms with van der Waals surface area (Å²) in [5, 5.41) is 0.860. The zero-order chi connectivity index (χ0) is 11.4. The minimum absolute atomic E-state index is 0.800. The summed E-state index contributed by atoms with van der Waals surface area (Å²) in [4.78, 5) is 4.18. The molecular weight excluding hydrogens is 266 g/mol. The quantitative estimate of drug-likeness (QED) is 0.789. The maximum atomic E-state index is 5.73. The molecule has 0 N–H and O–H groups in total. The summed E-state index contributed by atoms with van der Waals surface area (Å²) in [6, 6.07) is 11.8. The van der Waals surface area contributed by atoms with Crippen LogP contribution in [-0.4, -0.2) is 4.98 Å². The fraction of sp³-hybridized carbons (Fsp3) is 0.154. The van der Waals surface area contributed by atoms with Gasteiger partial charge in [-0.15, -0.1) is 0 Å². The third kappa shape index (κ3) is 2.61. The predicted molar refractivity (Wildman–Crippen MR) is 68.1 cm³/mol. The maximum Gasteiger partial charge on any atom is 0.148 e. The van der Waals surface area contributed by atoms with Crippen LogP contribution < -0.4 is 4.74 Å². The summed E-state index contributed by atoms with van der Waals surface area (Å²) in [6.07, 6.45) is 1.76. The molecule has 0 aliphatic rings. The van der Waals surface area contributed by atoms with Crippen LogP contribution in [0.15, 0.2) is 42.6 Å². The van der Waals surface area contributed by atoms with Gasteiger partial charge in [0.2, 0.25) is 0 Å². The molecule has 0 aliphatic heterocycles. The summed E-state index contributed by atoms with van der Waals surface area (Å²) in [7, 11) is 0. The third-order valence-electron chi connectivity index (χ3n) is 2.26. The van der Waals surface area contributed by atoms with Gasteiger partial charge in [-0.3, -0.25) is 4.98 Å². The van der Waals surface area contributed by atoms with E-state index in [0.717, 1.165) is 22.5 Å². The Balaban J connectivity index is 2.18. The Hall–Kier alpha value is -1.35. The lowest BCUT2D eigenvalue weighted by molar-refractivity contribution is 0.475. The van der Waals surface area contributed by atoms with Gasteiger partial charge in [-0.2, -0.15) is 0 Å². The summed E-state index contributed by atoms with van der Waals surface area (Å²) in [6.45, 7) is 1.93. The first-order valence-electron chi connectivity index (χ1n) is 5.04. The van der Waals surface area contributed by atoms with Gasteiger partial charge in [0.25, 0.3) is 0 Å². The normalized spacial score (nSPS) is 10.1. The highest BCUT2D eigenvalue weighted by Crippen LogP contribution is 2.23. The molecule has 2 nitrogen and oxygen atoms in total. The van der Waals surface area contributed by atoms with Gasteiger partial charge >= 0.3 is 0 Å². The summed E-state index contributed by atoms with van der Waals surface area (Å²) in [5.41, 5.74) is 2.13. The van der Waals surface area contributed by atoms with Crippen LogP contribution in [0.4, 0.5) is 0 Å². The van der Waals surface area contributed by atoms with Gasteiger partial charge in [0.05, 0.1) is 5.69 Å². The SMILES string of the molecule is Cc1ncccc1Oc1ccc(CBr)cc1. The molecule has 0 saturated heterocycles. The lowest BCUT2D eigenvalue weighted by Crippen LogP contribution is -1.89. The lowest BCUT2D eigenvalue weighted by Gasteiger charge is -2.07. The van der Waals surface area contributed by atoms with Crippen molar-refractivity contribution in [2.75, 3.05) is 0 Å². The first kappa shape index (κ1) is 11.1. The number of aromatic nitrogens is 1. The molecule has 2 aromatic rings. The molecule has 82 valence electrons. The molecule has 0 atom stereocenters. The molecule has 0 aliphatic carbocycles. The largest absolute Gasteiger partial charge is 0.455 e. The Morgan fingerprint density at radius 1 is 1.19 bits per heavy atom. The zero-order valence-corrected chi connectivity index (χ0v) is 10.6. The average Bonchev–Trinajstić information content (AvgIpc) is 2.33. The van der Waals surface area contributed by atoms with E-state index in [1.54, 1.807) is 6.20 Å². The Labute approximate surface area is 103 Å². The van der Waals surface area contributed by atoms with E-state index < -0.39 is 0 Å². The maximum absolute atomic E-state index is 5.73. The third-order valence-corrected chi connectivity index (χ3v) is 2.91. The Bertz CT molecular complexity index is 468. The van der Waals surface area contributed by atoms with Gasteiger partial charge in [-0.05, 0) is 36.8 Å². The number of rotatable bonds is 3. The molecule has 0 fully saturated rings. The molecule has 0 radical (unpaired) electrons. The zero-order valence-electron chi connectivity index (χ0n) is 8.98. The van der Waals surface area contributed by atoms with Crippen LogP contribution in [0.1, 0.15) is 11.3 Å². The van der Waals surface area contributed by atoms with E-state index in [9.17, 15) is 0 Å². The number of pyridine rings is 1. The summed E-state index contributed by atoms with van der Waals surface area (Å²) < 4.78 is 5.73. The monoisotopic (exact) mass is 277 g/mol. The van der Waals surface area contributed by atoms with Crippen LogP contribution in [0.5, 0.6) is 11.5 Å². The van der Waals surface area contributed by atoms with Crippen molar-refractivity contribution in [1.29, 1.82) is 0 Å². The highest BCUT2D eigenvalue weighted by Gasteiger charge is 2.01. The van der Waals surface area contributed by atoms with Crippen molar-refractivity contribution < 1.29 is 4.74 Å². The molecule has 0 bridgehead atoms. The van der Waals surface area contributed by atoms with Crippen LogP contribution in [0.25, 0.3) is 0 Å². The number of hydrogen-bond donors (Lipinski definition) is 0. The van der Waals surface area contributed by atoms with E-state index in [-0.39, 0.29) is 0 Å². The van der Waals surface area contributed by atoms with E-state index in [4.69, 9.17) is 4.74 Å². The molecule has 1 aromatic heterocycles. The van der Waals surface area contributed by atoms with Crippen molar-refractivity contribution >= 4 is 15.9 Å². The van der Waals surface area contributed by atoms with Crippen LogP contribution in [0.3, 0.4) is 0 Å². The first-order chi connectivity index (χ1) is 7.79. The number of nitrogens with zero attached hydrogens (tertiary/aromatic N) is 1. The van der Waals surface area contributed by atoms with Gasteiger partial charge in [0.1, 0.15) is 11.5 Å². The standard InChI is InChI=1S/C13H12BrNO/c1-10-13(3-2-8-15-10)16-12-6-4-11(9-14)5-7-12/h2-8H,9H2,1H3. The van der Waals surface area contributed by atoms with E-state index in [0.29, 0.717) is 0 Å². The number of halogens is 1. The Morgan fingerprint density at radius 3 is 2.56 bits per heavy atom. The van der Waals surface area contributed by atoms with Crippen LogP contribution in [-0.2, 0) is 5.33 Å². The minimum atomic E-state index is 0.800. The topological polar surface area (TPSA) is 22.1 Å². The summed E-state index contributed by atoms with van der Waals surface area (Å²) >= 11 is 3.41. The van der Waals surface area contributed by atoms with E-state index in [2.05, 4.69) is 20.9 Å². The van der Waals surface area contributed by atoms with E-state index in [1.165, 1.54) is 5.56 Å². The number of aryl methyl sites for hydroxylation is 1. The van der Waals surface area contributed by atoms with Crippen molar-refractivity contribution in [3.8, 4) is 11.5 Å². The molecule has 3 heteroatoms. The smallest absolute Gasteiger partial charge is 0.148 e. The van der Waals surface area contributed by atoms with Crippen molar-refractivity contribution in [3.05, 3.63) is 53.9 Å². The summed E-state index contributed by atoms with van der Waals surface area (Å²) in [5.74, 6) is 1.63. The fourth-order valence-electron chi connectivity index (χ4n) is 1.35. The van der Waals surface area contributed by atoms with Gasteiger partial charge in [-0.1, -0.05) is 28.1 Å².